The predicted molar refractivity (Wildman–Crippen MR) is 83.6 cm³/mol. The Morgan fingerprint density at radius 2 is 1.86 bits per heavy atom. The van der Waals surface area contributed by atoms with Crippen molar-refractivity contribution in [3.63, 3.8) is 0 Å². The van der Waals surface area contributed by atoms with Gasteiger partial charge in [0.05, 0.1) is 12.3 Å². The molecule has 0 saturated heterocycles. The van der Waals surface area contributed by atoms with Gasteiger partial charge in [0.1, 0.15) is 11.5 Å². The van der Waals surface area contributed by atoms with E-state index < -0.39 is 11.9 Å². The van der Waals surface area contributed by atoms with E-state index in [0.29, 0.717) is 12.0 Å². The van der Waals surface area contributed by atoms with Crippen LogP contribution in [0.1, 0.15) is 11.1 Å². The molecule has 0 aliphatic rings. The molecule has 0 spiro atoms. The molecule has 0 aliphatic heterocycles. The minimum atomic E-state index is -0.758. The first-order chi connectivity index (χ1) is 10.6. The summed E-state index contributed by atoms with van der Waals surface area (Å²) >= 11 is 0. The number of phenolic OH excluding ortho intramolecular Hbond substituents is 2. The Hall–Kier alpha value is -2.86. The number of phenols is 2. The Labute approximate surface area is 127 Å². The van der Waals surface area contributed by atoms with Crippen LogP contribution < -0.4 is 11.2 Å². The van der Waals surface area contributed by atoms with E-state index in [0.717, 1.165) is 5.56 Å². The van der Waals surface area contributed by atoms with Gasteiger partial charge < -0.3 is 15.9 Å². The van der Waals surface area contributed by atoms with Crippen molar-refractivity contribution in [3.05, 3.63) is 59.7 Å². The number of carbonyl (C=O) groups excluding carboxylic acids is 1. The van der Waals surface area contributed by atoms with Gasteiger partial charge in [-0.25, -0.2) is 5.43 Å². The zero-order valence-corrected chi connectivity index (χ0v) is 11.8. The number of para-hydroxylation sites is 1. The summed E-state index contributed by atoms with van der Waals surface area (Å²) in [6.45, 7) is 0. The number of nitrogens with one attached hydrogen (secondary N) is 1. The maximum atomic E-state index is 11.8. The molecule has 0 heterocycles. The summed E-state index contributed by atoms with van der Waals surface area (Å²) in [7, 11) is 0. The number of nitrogens with two attached hydrogens (primary N) is 1. The minimum Gasteiger partial charge on any atom is -0.508 e. The van der Waals surface area contributed by atoms with Crippen molar-refractivity contribution in [2.24, 2.45) is 10.8 Å². The molecule has 0 unspecified atom stereocenters. The average molecular weight is 299 g/mol. The summed E-state index contributed by atoms with van der Waals surface area (Å²) in [5.41, 5.74) is 9.47. The smallest absolute Gasteiger partial charge is 0.257 e. The Morgan fingerprint density at radius 3 is 2.55 bits per heavy atom. The quantitative estimate of drug-likeness (QED) is 0.490. The second-order valence-electron chi connectivity index (χ2n) is 4.77. The van der Waals surface area contributed by atoms with E-state index in [2.05, 4.69) is 10.5 Å². The highest BCUT2D eigenvalue weighted by molar-refractivity contribution is 5.86. The van der Waals surface area contributed by atoms with Crippen LogP contribution in [0.5, 0.6) is 11.5 Å². The number of hydrazone groups is 1. The summed E-state index contributed by atoms with van der Waals surface area (Å²) in [6, 6.07) is 12.4. The van der Waals surface area contributed by atoms with Crippen molar-refractivity contribution >= 4 is 12.1 Å². The van der Waals surface area contributed by atoms with Gasteiger partial charge in [-0.15, -0.1) is 0 Å². The molecule has 6 heteroatoms. The van der Waals surface area contributed by atoms with Gasteiger partial charge in [0.15, 0.2) is 0 Å². The monoisotopic (exact) mass is 299 g/mol. The predicted octanol–water partition coefficient (Wildman–Crippen LogP) is 1.12. The van der Waals surface area contributed by atoms with Crippen LogP contribution in [0.15, 0.2) is 53.6 Å². The molecule has 2 rings (SSSR count). The third kappa shape index (κ3) is 4.32. The molecule has 5 N–H and O–H groups in total. The first-order valence-electron chi connectivity index (χ1n) is 6.70. The molecule has 0 aromatic heterocycles. The topological polar surface area (TPSA) is 108 Å². The van der Waals surface area contributed by atoms with E-state index in [1.807, 2.05) is 0 Å². The van der Waals surface area contributed by atoms with Crippen molar-refractivity contribution < 1.29 is 15.0 Å². The molecule has 1 amide bonds. The molecule has 6 nitrogen and oxygen atoms in total. The van der Waals surface area contributed by atoms with Gasteiger partial charge in [0, 0.05) is 5.56 Å². The maximum Gasteiger partial charge on any atom is 0.257 e. The molecule has 1 atom stereocenters. The number of carbonyl (C=O) groups is 1. The van der Waals surface area contributed by atoms with Crippen LogP contribution in [-0.4, -0.2) is 28.4 Å². The third-order valence-corrected chi connectivity index (χ3v) is 3.04. The fourth-order valence-corrected chi connectivity index (χ4v) is 1.82. The van der Waals surface area contributed by atoms with Crippen molar-refractivity contribution in [1.82, 2.24) is 5.43 Å². The van der Waals surface area contributed by atoms with Gasteiger partial charge in [-0.05, 0) is 36.2 Å². The molecule has 22 heavy (non-hydrogen) atoms. The number of hydrogen-bond acceptors (Lipinski definition) is 5. The molecule has 0 bridgehead atoms. The van der Waals surface area contributed by atoms with Gasteiger partial charge in [-0.3, -0.25) is 4.79 Å². The number of amides is 1. The lowest BCUT2D eigenvalue weighted by Gasteiger charge is -2.09. The van der Waals surface area contributed by atoms with Crippen molar-refractivity contribution in [2.75, 3.05) is 0 Å². The summed E-state index contributed by atoms with van der Waals surface area (Å²) in [5.74, 6) is -0.192. The fourth-order valence-electron chi connectivity index (χ4n) is 1.82. The SMILES string of the molecule is N[C@@H](Cc1ccc(O)cc1)C(=O)N/N=C\c1ccccc1O. The van der Waals surface area contributed by atoms with E-state index in [4.69, 9.17) is 5.73 Å². The highest BCUT2D eigenvalue weighted by Crippen LogP contribution is 2.12. The normalized spacial score (nSPS) is 12.2. The summed E-state index contributed by atoms with van der Waals surface area (Å²) in [5, 5.41) is 22.5. The molecule has 0 saturated carbocycles. The van der Waals surface area contributed by atoms with Gasteiger partial charge in [-0.2, -0.15) is 5.10 Å². The van der Waals surface area contributed by atoms with Gasteiger partial charge in [0.2, 0.25) is 0 Å². The standard InChI is InChI=1S/C16H17N3O3/c17-14(9-11-5-7-13(20)8-6-11)16(22)19-18-10-12-3-1-2-4-15(12)21/h1-8,10,14,20-21H,9,17H2,(H,19,22)/b18-10-/t14-/m0/s1. The molecular weight excluding hydrogens is 282 g/mol. The zero-order valence-electron chi connectivity index (χ0n) is 11.8. The number of nitrogens with zero attached hydrogens (tertiary/aromatic N) is 1. The number of rotatable bonds is 5. The Morgan fingerprint density at radius 1 is 1.18 bits per heavy atom. The van der Waals surface area contributed by atoms with Crippen molar-refractivity contribution in [1.29, 1.82) is 0 Å². The first-order valence-corrected chi connectivity index (χ1v) is 6.70. The Bertz CT molecular complexity index is 669. The molecule has 0 aliphatic carbocycles. The largest absolute Gasteiger partial charge is 0.508 e. The number of aromatic hydroxyl groups is 2. The van der Waals surface area contributed by atoms with Crippen LogP contribution in [-0.2, 0) is 11.2 Å². The fraction of sp³-hybridized carbons (Fsp3) is 0.125. The van der Waals surface area contributed by atoms with Crippen LogP contribution in [0.25, 0.3) is 0 Å². The zero-order chi connectivity index (χ0) is 15.9. The molecule has 0 radical (unpaired) electrons. The third-order valence-electron chi connectivity index (χ3n) is 3.04. The van der Waals surface area contributed by atoms with Crippen LogP contribution in [0.3, 0.4) is 0 Å². The Balaban J connectivity index is 1.89. The van der Waals surface area contributed by atoms with Gasteiger partial charge in [0.25, 0.3) is 5.91 Å². The minimum absolute atomic E-state index is 0.0777. The molecule has 0 fully saturated rings. The lowest BCUT2D eigenvalue weighted by molar-refractivity contribution is -0.122. The van der Waals surface area contributed by atoms with Crippen LogP contribution >= 0.6 is 0 Å². The van der Waals surface area contributed by atoms with Crippen molar-refractivity contribution in [3.8, 4) is 11.5 Å². The summed E-state index contributed by atoms with van der Waals surface area (Å²) < 4.78 is 0. The average Bonchev–Trinajstić information content (AvgIpc) is 2.51. The second-order valence-corrected chi connectivity index (χ2v) is 4.77. The van der Waals surface area contributed by atoms with E-state index >= 15 is 0 Å². The van der Waals surface area contributed by atoms with E-state index in [-0.39, 0.29) is 11.5 Å². The Kier molecular flexibility index (Phi) is 5.11. The maximum absolute atomic E-state index is 11.8. The summed E-state index contributed by atoms with van der Waals surface area (Å²) in [4.78, 5) is 11.8. The van der Waals surface area contributed by atoms with Gasteiger partial charge in [-0.1, -0.05) is 24.3 Å². The second kappa shape index (κ2) is 7.24. The molecular formula is C16H17N3O3. The van der Waals surface area contributed by atoms with Crippen LogP contribution in [0.4, 0.5) is 0 Å². The van der Waals surface area contributed by atoms with Gasteiger partial charge >= 0.3 is 0 Å². The van der Waals surface area contributed by atoms with E-state index in [1.54, 1.807) is 30.3 Å². The molecule has 2 aromatic rings. The van der Waals surface area contributed by atoms with Crippen LogP contribution in [0, 0.1) is 0 Å². The highest BCUT2D eigenvalue weighted by atomic mass is 16.3. The van der Waals surface area contributed by atoms with E-state index in [9.17, 15) is 15.0 Å². The first kappa shape index (κ1) is 15.5. The van der Waals surface area contributed by atoms with Crippen molar-refractivity contribution in [2.45, 2.75) is 12.5 Å². The number of benzene rings is 2. The number of hydrogen-bond donors (Lipinski definition) is 4. The lowest BCUT2D eigenvalue weighted by atomic mass is 10.1. The van der Waals surface area contributed by atoms with E-state index in [1.165, 1.54) is 24.4 Å². The highest BCUT2D eigenvalue weighted by Gasteiger charge is 2.13. The molecule has 114 valence electrons. The summed E-state index contributed by atoms with van der Waals surface area (Å²) in [6.07, 6.45) is 1.68. The molecule has 2 aromatic carbocycles. The lowest BCUT2D eigenvalue weighted by Crippen LogP contribution is -2.39. The van der Waals surface area contributed by atoms with Crippen LogP contribution in [0.2, 0.25) is 0 Å².